The summed E-state index contributed by atoms with van der Waals surface area (Å²) in [6.07, 6.45) is 24.2. The zero-order valence-electron chi connectivity index (χ0n) is 89.8. The largest absolute Gasteiger partial charge is 0.465 e. The molecule has 9 N–H and O–H groups in total. The number of aliphatic hydroxyl groups excluding tert-OH is 9. The molecule has 0 aromatic rings. The summed E-state index contributed by atoms with van der Waals surface area (Å²) in [6, 6.07) is 0. The van der Waals surface area contributed by atoms with Crippen LogP contribution in [0.5, 0.6) is 0 Å². The molecular weight excluding hydrogens is 1770 g/mol. The third kappa shape index (κ3) is 25.4. The van der Waals surface area contributed by atoms with E-state index in [1.165, 1.54) is 57.8 Å². The molecule has 0 aromatic carbocycles. The van der Waals surface area contributed by atoms with Crippen molar-refractivity contribution in [1.29, 1.82) is 0 Å². The minimum Gasteiger partial charge on any atom is -0.465 e. The van der Waals surface area contributed by atoms with Gasteiger partial charge in [-0.25, -0.2) is 0 Å². The summed E-state index contributed by atoms with van der Waals surface area (Å²) in [5.41, 5.74) is -1.17. The van der Waals surface area contributed by atoms with E-state index in [-0.39, 0.29) is 146 Å². The molecule has 0 aromatic heterocycles. The summed E-state index contributed by atoms with van der Waals surface area (Å²) in [6.45, 7) is 51.2. The number of ether oxygens (including phenoxy) is 8. The first-order valence-electron chi connectivity index (χ1n) is 55.7. The number of esters is 8. The number of hydrogen-bond acceptors (Lipinski definition) is 25. The van der Waals surface area contributed by atoms with E-state index >= 15 is 0 Å². The van der Waals surface area contributed by atoms with Gasteiger partial charge in [0.15, 0.2) is 13.6 Å². The molecule has 0 heterocycles. The lowest BCUT2D eigenvalue weighted by Gasteiger charge is -2.38. The first-order valence-corrected chi connectivity index (χ1v) is 55.7. The zero-order valence-corrected chi connectivity index (χ0v) is 89.8. The molecule has 0 spiro atoms. The molecule has 45 unspecified atom stereocenters. The summed E-state index contributed by atoms with van der Waals surface area (Å²) in [5, 5.41) is 78.3. The van der Waals surface area contributed by atoms with Crippen LogP contribution in [0.1, 0.15) is 306 Å². The van der Waals surface area contributed by atoms with Crippen LogP contribution in [0.2, 0.25) is 0 Å². The van der Waals surface area contributed by atoms with Crippen molar-refractivity contribution in [1.82, 2.24) is 0 Å². The molecule has 18 bridgehead atoms. The Kier molecular flexibility index (Phi) is 43.0. The monoisotopic (exact) mass is 1960 g/mol. The number of hydrogen-bond donors (Lipinski definition) is 9. The van der Waals surface area contributed by atoms with Crippen LogP contribution in [0.4, 0.5) is 0 Å². The highest BCUT2D eigenvalue weighted by Crippen LogP contribution is 2.67. The van der Waals surface area contributed by atoms with Crippen molar-refractivity contribution in [3.63, 3.8) is 0 Å². The van der Waals surface area contributed by atoms with Crippen molar-refractivity contribution in [2.45, 2.75) is 306 Å². The van der Waals surface area contributed by atoms with Crippen molar-refractivity contribution in [3.05, 3.63) is 0 Å². The van der Waals surface area contributed by atoms with Crippen LogP contribution in [-0.2, 0) is 76.3 Å². The van der Waals surface area contributed by atoms with Gasteiger partial charge < -0.3 is 83.9 Å². The molecular formula is C114H194O25. The van der Waals surface area contributed by atoms with Gasteiger partial charge in [0.1, 0.15) is 13.2 Å². The lowest BCUT2D eigenvalue weighted by molar-refractivity contribution is -0.168. The fourth-order valence-corrected chi connectivity index (χ4v) is 33.2. The third-order valence-electron chi connectivity index (χ3n) is 43.7. The molecule has 18 saturated carbocycles. The first kappa shape index (κ1) is 116. The summed E-state index contributed by atoms with van der Waals surface area (Å²) >= 11 is 0. The van der Waals surface area contributed by atoms with Gasteiger partial charge >= 0.3 is 47.8 Å². The topological polar surface area (TPSA) is 392 Å². The van der Waals surface area contributed by atoms with Gasteiger partial charge in [0.25, 0.3) is 0 Å². The third-order valence-corrected chi connectivity index (χ3v) is 43.7. The summed E-state index contributed by atoms with van der Waals surface area (Å²) in [7, 11) is 0. The molecule has 0 aliphatic heterocycles. The highest BCUT2D eigenvalue weighted by molar-refractivity contribution is 5.80. The van der Waals surface area contributed by atoms with E-state index in [4.69, 9.17) is 79.1 Å². The molecule has 0 amide bonds. The second-order valence-corrected chi connectivity index (χ2v) is 49.7. The Labute approximate surface area is 835 Å². The van der Waals surface area contributed by atoms with E-state index in [0.717, 1.165) is 166 Å². The van der Waals surface area contributed by atoms with Gasteiger partial charge in [0.2, 0.25) is 0 Å². The number of aliphatic hydroxyl groups is 9. The molecule has 18 fully saturated rings. The predicted molar refractivity (Wildman–Crippen MR) is 530 cm³/mol. The van der Waals surface area contributed by atoms with E-state index in [2.05, 4.69) is 143 Å². The van der Waals surface area contributed by atoms with Crippen LogP contribution in [0, 0.1) is 264 Å². The average Bonchev–Trinajstić information content (AvgIpc) is 1.58. The van der Waals surface area contributed by atoms with Crippen molar-refractivity contribution < 1.29 is 122 Å². The van der Waals surface area contributed by atoms with Gasteiger partial charge in [0, 0.05) is 45.9 Å². The molecule has 0 saturated heterocycles. The van der Waals surface area contributed by atoms with Gasteiger partial charge in [-0.05, 0) is 388 Å². The maximum Gasteiger partial charge on any atom is 0.314 e. The fourth-order valence-electron chi connectivity index (χ4n) is 33.2. The van der Waals surface area contributed by atoms with Crippen LogP contribution in [0.25, 0.3) is 0 Å². The Balaban J connectivity index is 0.000000162. The average molecular weight is 1960 g/mol. The Morgan fingerprint density at radius 2 is 0.439 bits per heavy atom. The first-order chi connectivity index (χ1) is 65.8. The summed E-state index contributed by atoms with van der Waals surface area (Å²) in [4.78, 5) is 95.4. The van der Waals surface area contributed by atoms with Gasteiger partial charge in [-0.1, -0.05) is 125 Å². The molecule has 18 aliphatic carbocycles. The van der Waals surface area contributed by atoms with Crippen LogP contribution in [0.3, 0.4) is 0 Å². The van der Waals surface area contributed by atoms with Crippen LogP contribution < -0.4 is 0 Å². The highest BCUT2D eigenvalue weighted by Gasteiger charge is 2.65. The number of rotatable bonds is 29. The maximum absolute atomic E-state index is 12.3. The maximum atomic E-state index is 12.3. The lowest BCUT2D eigenvalue weighted by Crippen LogP contribution is -2.40. The Morgan fingerprint density at radius 3 is 0.676 bits per heavy atom. The Bertz CT molecular complexity index is 3870. The van der Waals surface area contributed by atoms with Gasteiger partial charge in [-0.3, -0.25) is 38.4 Å². The standard InChI is InChI=1S/C15H26O3.2C14H24O3.2C13H22O3.2C12H20O3.C11H18O3.C10H18O/c1-10-11(2)13-8-12(10)9-15(13,3)14(17)18-7-5-4-6-16;1-9-10(2)12-7-11(9)8-14(12,3)13(16)17-6-4-5-15;1-9-10(2)12-7-11(9)8-13(12)14(16)17-6-4-3-5-15;1-8-9(2)11-6-10(8)7-13(11,3)12(15)16-5-4-14;1-8-9(2)11-6-10(8)7-12(11)13(15)16-5-3-4-14;1-7-8(2)10-4-9(7)5-12(10,3)11(14)15-6-13;1-7-8(2)10-5-9(7)6-11(10)12(14)15-4-3-13;1-6-7(2)9-3-8(6)4-10(9)11(13)14-5-12;1-6-7(2)10-4-8(6)3-9(10)5-11/h10-13,16H,4-9H2,1-3H3;9-12,15H,4-8H2,1-3H3;9-13,15H,3-8H2,1-2H3;8-11,14H,4-7H2,1-3H3;8-12,14H,3-7H2,1-2H3;7-10,13H,4-6H2,1-3H3;7-11,13H,3-6H2,1-2H3;6-10,12H,3-5H2,1-2H3;6-11H,3-5H2,1-2H3. The second kappa shape index (κ2) is 51.4. The Morgan fingerprint density at radius 1 is 0.216 bits per heavy atom. The number of unbranched alkanes of at least 4 members (excludes halogenated alkanes) is 2. The van der Waals surface area contributed by atoms with Crippen LogP contribution in [0.15, 0.2) is 0 Å². The summed E-state index contributed by atoms with van der Waals surface area (Å²) in [5.74, 6) is 24.8. The molecule has 25 heteroatoms. The van der Waals surface area contributed by atoms with Gasteiger partial charge in [0.05, 0.1) is 85.0 Å². The molecule has 18 rings (SSSR count). The van der Waals surface area contributed by atoms with Crippen LogP contribution in [-0.4, -0.2) is 193 Å². The molecule has 18 aliphatic rings. The predicted octanol–water partition coefficient (Wildman–Crippen LogP) is 17.3. The second-order valence-electron chi connectivity index (χ2n) is 49.7. The van der Waals surface area contributed by atoms with E-state index < -0.39 is 13.6 Å². The molecule has 0 radical (unpaired) electrons. The minimum absolute atomic E-state index is 0.00769. The van der Waals surface area contributed by atoms with Gasteiger partial charge in [-0.15, -0.1) is 0 Å². The van der Waals surface area contributed by atoms with Crippen molar-refractivity contribution in [3.8, 4) is 0 Å². The van der Waals surface area contributed by atoms with Gasteiger partial charge in [-0.2, -0.15) is 0 Å². The lowest BCUT2D eigenvalue weighted by atomic mass is 9.67. The quantitative estimate of drug-likeness (QED) is 0.0145. The van der Waals surface area contributed by atoms with Crippen molar-refractivity contribution in [2.24, 2.45) is 264 Å². The molecule has 800 valence electrons. The fraction of sp³-hybridized carbons (Fsp3) is 0.930. The smallest absolute Gasteiger partial charge is 0.314 e. The van der Waals surface area contributed by atoms with Crippen molar-refractivity contribution >= 4 is 47.8 Å². The zero-order chi connectivity index (χ0) is 103. The van der Waals surface area contributed by atoms with E-state index in [1.54, 1.807) is 0 Å². The molecule has 139 heavy (non-hydrogen) atoms. The van der Waals surface area contributed by atoms with Crippen molar-refractivity contribution in [2.75, 3.05) is 99.5 Å². The van der Waals surface area contributed by atoms with E-state index in [9.17, 15) is 38.4 Å². The SMILES string of the molecule is CC1C2CC(C(=O)OCCCCO)C(C2)C1C.CC1C2CC(C(=O)OCCCO)C(C2)C1C.CC1C2CC(C(=O)OCCO)C(C2)C1C.CC1C2CC(C(=O)OCO)C(C2)C1C.CC1C2CC(C1C)C(C)(C(=O)OCCCCO)C2.CC1C2CC(C1C)C(C)(C(=O)OCCCO)C2.CC1C2CC(C1C)C(C)(C(=O)OCCO)C2.CC1C2CC(C1C)C(C)(C(=O)OCO)C2.CC1C2CC(CO)C(C2)C1C. The molecule has 25 nitrogen and oxygen atoms in total. The normalized spacial score (nSPS) is 44.6. The van der Waals surface area contributed by atoms with E-state index in [1.807, 2.05) is 13.8 Å². The number of carbonyl (C=O) groups excluding carboxylic acids is 8. The molecule has 45 atom stereocenters. The minimum atomic E-state index is -0.490. The van der Waals surface area contributed by atoms with E-state index in [0.29, 0.717) is 182 Å². The Hall–Kier alpha value is -4.60. The number of carbonyl (C=O) groups is 8. The highest BCUT2D eigenvalue weighted by atomic mass is 16.6. The summed E-state index contributed by atoms with van der Waals surface area (Å²) < 4.78 is 40.8. The number of fused-ring (bicyclic) bond motifs is 18. The van der Waals surface area contributed by atoms with Crippen LogP contribution >= 0.6 is 0 Å².